The zero-order valence-corrected chi connectivity index (χ0v) is 15.6. The number of nitrogens with zero attached hydrogens (tertiary/aromatic N) is 4. The third kappa shape index (κ3) is 4.03. The Kier molecular flexibility index (Phi) is 5.74. The normalized spacial score (nSPS) is 21.2. The van der Waals surface area contributed by atoms with Crippen molar-refractivity contribution < 1.29 is 4.74 Å². The molecule has 26 heavy (non-hydrogen) atoms. The number of amidine groups is 1. The number of ether oxygens (including phenoxy) is 1. The standard InChI is InChI=1S/C20H24N4OS/c1-3-7-18(8-4-1)20-21-17-26(24(20)19-9-5-2-6-10-19)22-11-12-23-13-15-25-16-14-23/h1-10H,11-17H2. The van der Waals surface area contributed by atoms with Gasteiger partial charge in [-0.15, -0.1) is 0 Å². The molecule has 0 amide bonds. The zero-order valence-electron chi connectivity index (χ0n) is 14.8. The molecule has 0 spiro atoms. The van der Waals surface area contributed by atoms with Crippen LogP contribution in [0.3, 0.4) is 0 Å². The number of aliphatic imine (C=N–C) groups is 1. The molecular formula is C20H24N4OS. The highest BCUT2D eigenvalue weighted by Gasteiger charge is 2.25. The summed E-state index contributed by atoms with van der Waals surface area (Å²) < 4.78 is 12.7. The van der Waals surface area contributed by atoms with Crippen LogP contribution in [0.2, 0.25) is 0 Å². The maximum Gasteiger partial charge on any atom is 0.147 e. The van der Waals surface area contributed by atoms with E-state index in [1.165, 1.54) is 0 Å². The molecule has 1 fully saturated rings. The number of morpholine rings is 1. The van der Waals surface area contributed by atoms with Crippen molar-refractivity contribution in [3.8, 4) is 0 Å². The van der Waals surface area contributed by atoms with Crippen LogP contribution in [-0.2, 0) is 15.6 Å². The molecule has 0 radical (unpaired) electrons. The Balaban J connectivity index is 1.53. The highest BCUT2D eigenvalue weighted by molar-refractivity contribution is 7.90. The van der Waals surface area contributed by atoms with Gasteiger partial charge in [0, 0.05) is 36.1 Å². The molecule has 1 unspecified atom stereocenters. The second kappa shape index (κ2) is 8.58. The summed E-state index contributed by atoms with van der Waals surface area (Å²) in [5.41, 5.74) is 2.31. The minimum atomic E-state index is -0.254. The van der Waals surface area contributed by atoms with Crippen molar-refractivity contribution in [1.82, 2.24) is 4.90 Å². The summed E-state index contributed by atoms with van der Waals surface area (Å²) in [6.07, 6.45) is 0. The monoisotopic (exact) mass is 368 g/mol. The lowest BCUT2D eigenvalue weighted by molar-refractivity contribution is 0.0395. The molecule has 2 aromatic rings. The largest absolute Gasteiger partial charge is 0.379 e. The van der Waals surface area contributed by atoms with Gasteiger partial charge in [0.25, 0.3) is 0 Å². The zero-order chi connectivity index (χ0) is 17.6. The average molecular weight is 369 g/mol. The van der Waals surface area contributed by atoms with Crippen molar-refractivity contribution in [2.75, 3.05) is 49.6 Å². The summed E-state index contributed by atoms with van der Waals surface area (Å²) in [6.45, 7) is 5.53. The smallest absolute Gasteiger partial charge is 0.147 e. The van der Waals surface area contributed by atoms with Crippen molar-refractivity contribution in [1.29, 1.82) is 0 Å². The molecule has 5 nitrogen and oxygen atoms in total. The minimum Gasteiger partial charge on any atom is -0.379 e. The van der Waals surface area contributed by atoms with E-state index in [0.717, 1.165) is 62.4 Å². The van der Waals surface area contributed by atoms with Crippen molar-refractivity contribution in [2.24, 2.45) is 9.36 Å². The van der Waals surface area contributed by atoms with Gasteiger partial charge in [-0.2, -0.15) is 0 Å². The van der Waals surface area contributed by atoms with Crippen molar-refractivity contribution in [2.45, 2.75) is 0 Å². The fraction of sp³-hybridized carbons (Fsp3) is 0.350. The van der Waals surface area contributed by atoms with Gasteiger partial charge in [-0.25, -0.2) is 4.36 Å². The molecule has 0 aliphatic carbocycles. The van der Waals surface area contributed by atoms with E-state index in [0.29, 0.717) is 0 Å². The maximum atomic E-state index is 5.42. The Morgan fingerprint density at radius 1 is 0.962 bits per heavy atom. The van der Waals surface area contributed by atoms with E-state index >= 15 is 0 Å². The van der Waals surface area contributed by atoms with Crippen LogP contribution in [0.25, 0.3) is 0 Å². The van der Waals surface area contributed by atoms with Crippen LogP contribution < -0.4 is 4.31 Å². The molecule has 1 saturated heterocycles. The van der Waals surface area contributed by atoms with Crippen molar-refractivity contribution in [3.05, 3.63) is 66.2 Å². The maximum absolute atomic E-state index is 5.42. The van der Waals surface area contributed by atoms with Crippen LogP contribution in [0.15, 0.2) is 70.0 Å². The number of hydrogen-bond donors (Lipinski definition) is 0. The molecule has 2 aliphatic rings. The van der Waals surface area contributed by atoms with E-state index in [1.807, 2.05) is 12.1 Å². The summed E-state index contributed by atoms with van der Waals surface area (Å²) in [6, 6.07) is 20.9. The van der Waals surface area contributed by atoms with Crippen molar-refractivity contribution in [3.63, 3.8) is 0 Å². The summed E-state index contributed by atoms with van der Waals surface area (Å²) in [5, 5.41) is 0. The highest BCUT2D eigenvalue weighted by atomic mass is 32.2. The number of benzene rings is 2. The van der Waals surface area contributed by atoms with Crippen LogP contribution in [0.1, 0.15) is 5.56 Å². The summed E-state index contributed by atoms with van der Waals surface area (Å²) in [7, 11) is -0.254. The lowest BCUT2D eigenvalue weighted by atomic mass is 10.2. The predicted molar refractivity (Wildman–Crippen MR) is 109 cm³/mol. The number of rotatable bonds is 5. The molecular weight excluding hydrogens is 344 g/mol. The fourth-order valence-corrected chi connectivity index (χ4v) is 4.73. The molecule has 2 aliphatic heterocycles. The Bertz CT molecular complexity index is 773. The molecule has 1 atom stereocenters. The Hall–Kier alpha value is -2.02. The molecule has 6 heteroatoms. The molecule has 0 bridgehead atoms. The lowest BCUT2D eigenvalue weighted by Crippen LogP contribution is -2.38. The van der Waals surface area contributed by atoms with Gasteiger partial charge in [-0.3, -0.25) is 14.2 Å². The number of para-hydroxylation sites is 1. The summed E-state index contributed by atoms with van der Waals surface area (Å²) in [4.78, 5) is 7.27. The molecule has 2 aromatic carbocycles. The van der Waals surface area contributed by atoms with E-state index in [2.05, 4.69) is 57.7 Å². The molecule has 0 saturated carbocycles. The fourth-order valence-electron chi connectivity index (χ4n) is 3.15. The van der Waals surface area contributed by atoms with Gasteiger partial charge in [-0.1, -0.05) is 48.5 Å². The average Bonchev–Trinajstić information content (AvgIpc) is 3.14. The van der Waals surface area contributed by atoms with E-state index in [4.69, 9.17) is 14.1 Å². The lowest BCUT2D eigenvalue weighted by Gasteiger charge is -2.26. The first-order chi connectivity index (χ1) is 12.9. The van der Waals surface area contributed by atoms with Gasteiger partial charge in [0.05, 0.1) is 25.4 Å². The van der Waals surface area contributed by atoms with Gasteiger partial charge in [0.1, 0.15) is 11.7 Å². The van der Waals surface area contributed by atoms with E-state index in [1.54, 1.807) is 0 Å². The van der Waals surface area contributed by atoms with E-state index < -0.39 is 0 Å². The Labute approximate surface area is 157 Å². The van der Waals surface area contributed by atoms with Crippen LogP contribution in [0.5, 0.6) is 0 Å². The highest BCUT2D eigenvalue weighted by Crippen LogP contribution is 2.25. The molecule has 2 heterocycles. The van der Waals surface area contributed by atoms with Crippen LogP contribution in [-0.4, -0.2) is 56.0 Å². The summed E-state index contributed by atoms with van der Waals surface area (Å²) >= 11 is 0. The first kappa shape index (κ1) is 17.4. The predicted octanol–water partition coefficient (Wildman–Crippen LogP) is 2.96. The van der Waals surface area contributed by atoms with Gasteiger partial charge < -0.3 is 4.74 Å². The van der Waals surface area contributed by atoms with Gasteiger partial charge in [0.2, 0.25) is 0 Å². The Morgan fingerprint density at radius 2 is 1.65 bits per heavy atom. The topological polar surface area (TPSA) is 40.4 Å². The Morgan fingerprint density at radius 3 is 2.38 bits per heavy atom. The van der Waals surface area contributed by atoms with Crippen LogP contribution in [0, 0.1) is 0 Å². The van der Waals surface area contributed by atoms with Crippen LogP contribution in [0.4, 0.5) is 5.69 Å². The molecule has 0 aromatic heterocycles. The first-order valence-electron chi connectivity index (χ1n) is 9.05. The molecule has 4 rings (SSSR count). The van der Waals surface area contributed by atoms with Crippen LogP contribution >= 0.6 is 0 Å². The number of hydrogen-bond acceptors (Lipinski definition) is 4. The van der Waals surface area contributed by atoms with E-state index in [9.17, 15) is 0 Å². The SMILES string of the molecule is c1ccc(C2=NCS(=NCCN3CCOCC3)N2c2ccccc2)cc1. The van der Waals surface area contributed by atoms with Gasteiger partial charge in [-0.05, 0) is 12.1 Å². The van der Waals surface area contributed by atoms with E-state index in [-0.39, 0.29) is 10.9 Å². The quantitative estimate of drug-likeness (QED) is 0.815. The van der Waals surface area contributed by atoms with Crippen molar-refractivity contribution >= 4 is 22.4 Å². The third-order valence-corrected chi connectivity index (χ3v) is 6.16. The minimum absolute atomic E-state index is 0.254. The number of anilines is 1. The summed E-state index contributed by atoms with van der Waals surface area (Å²) in [5.74, 6) is 1.76. The second-order valence-electron chi connectivity index (χ2n) is 6.25. The first-order valence-corrected chi connectivity index (χ1v) is 10.4. The third-order valence-electron chi connectivity index (χ3n) is 4.52. The molecule has 136 valence electrons. The second-order valence-corrected chi connectivity index (χ2v) is 7.81. The molecule has 0 N–H and O–H groups in total. The van der Waals surface area contributed by atoms with Gasteiger partial charge >= 0.3 is 0 Å². The van der Waals surface area contributed by atoms with Gasteiger partial charge in [0.15, 0.2) is 0 Å².